The number of hydrogen-bond acceptors (Lipinski definition) is 4. The molecule has 0 aliphatic heterocycles. The van der Waals surface area contributed by atoms with Gasteiger partial charge in [0.05, 0.1) is 0 Å². The second-order valence-electron chi connectivity index (χ2n) is 6.86. The molecule has 0 heterocycles. The van der Waals surface area contributed by atoms with Gasteiger partial charge in [0.2, 0.25) is 0 Å². The molecule has 0 spiro atoms. The van der Waals surface area contributed by atoms with Crippen molar-refractivity contribution in [2.75, 3.05) is 0 Å². The fraction of sp³-hybridized carbons (Fsp3) is 0.650. The zero-order chi connectivity index (χ0) is 16.9. The van der Waals surface area contributed by atoms with E-state index in [2.05, 4.69) is 19.2 Å². The highest BCUT2D eigenvalue weighted by Gasteiger charge is 2.09. The summed E-state index contributed by atoms with van der Waals surface area (Å²) in [5, 5.41) is 2.82. The Bertz CT molecular complexity index is 419. The molecule has 1 saturated carbocycles. The molecule has 1 fully saturated rings. The van der Waals surface area contributed by atoms with Crippen molar-refractivity contribution >= 4 is 30.9 Å². The highest BCUT2D eigenvalue weighted by Crippen LogP contribution is 2.15. The van der Waals surface area contributed by atoms with Gasteiger partial charge in [0.1, 0.15) is 6.61 Å². The number of alkyl carbamates (subject to hydrolysis) is 1. The molecule has 1 aromatic carbocycles. The van der Waals surface area contributed by atoms with Crippen molar-refractivity contribution in [1.29, 1.82) is 0 Å². The van der Waals surface area contributed by atoms with Crippen molar-refractivity contribution in [3.63, 3.8) is 0 Å². The Morgan fingerprint density at radius 1 is 0.926 bits per heavy atom. The Morgan fingerprint density at radius 3 is 1.78 bits per heavy atom. The van der Waals surface area contributed by atoms with E-state index in [1.54, 1.807) is 0 Å². The van der Waals surface area contributed by atoms with Gasteiger partial charge in [0.15, 0.2) is 0 Å². The molecule has 0 saturated heterocycles. The number of halogens is 2. The van der Waals surface area contributed by atoms with E-state index >= 15 is 0 Å². The summed E-state index contributed by atoms with van der Waals surface area (Å²) < 4.78 is 5.13. The maximum atomic E-state index is 11.5. The second kappa shape index (κ2) is 21.3. The highest BCUT2D eigenvalue weighted by molar-refractivity contribution is 5.85. The van der Waals surface area contributed by atoms with Crippen LogP contribution in [0.25, 0.3) is 0 Å². The van der Waals surface area contributed by atoms with Gasteiger partial charge in [-0.25, -0.2) is 4.79 Å². The summed E-state index contributed by atoms with van der Waals surface area (Å²) in [5.74, 6) is 0.569. The summed E-state index contributed by atoms with van der Waals surface area (Å²) in [6.45, 7) is 6.58. The third kappa shape index (κ3) is 19.6. The van der Waals surface area contributed by atoms with Gasteiger partial charge < -0.3 is 22.4 Å². The molecule has 1 aliphatic carbocycles. The molecule has 1 aromatic rings. The molecule has 0 radical (unpaired) electrons. The largest absolute Gasteiger partial charge is 0.445 e. The Morgan fingerprint density at radius 2 is 1.37 bits per heavy atom. The van der Waals surface area contributed by atoms with E-state index in [1.165, 1.54) is 38.5 Å². The van der Waals surface area contributed by atoms with E-state index in [1.807, 2.05) is 37.3 Å². The van der Waals surface area contributed by atoms with Gasteiger partial charge in [0, 0.05) is 6.04 Å². The van der Waals surface area contributed by atoms with E-state index < -0.39 is 0 Å². The van der Waals surface area contributed by atoms with Crippen LogP contribution in [-0.4, -0.2) is 12.1 Å². The Balaban J connectivity index is -0.000000228. The zero-order valence-corrected chi connectivity index (χ0v) is 18.9. The molecule has 0 bridgehead atoms. The Hall–Kier alpha value is -1.01. The van der Waals surface area contributed by atoms with Gasteiger partial charge in [0.25, 0.3) is 0 Å². The zero-order valence-electron chi connectivity index (χ0n) is 17.2. The predicted molar refractivity (Wildman–Crippen MR) is 121 cm³/mol. The summed E-state index contributed by atoms with van der Waals surface area (Å²) >= 11 is 0. The number of rotatable bonds is 5. The minimum atomic E-state index is -0.345. The third-order valence-electron chi connectivity index (χ3n) is 3.90. The van der Waals surface area contributed by atoms with E-state index in [0.717, 1.165) is 12.0 Å². The molecular formula is C20H41Cl2N3O2. The van der Waals surface area contributed by atoms with Crippen LogP contribution in [0.5, 0.6) is 0 Å². The maximum Gasteiger partial charge on any atom is 0.407 e. The molecule has 7 N–H and O–H groups in total. The van der Waals surface area contributed by atoms with Crippen LogP contribution in [-0.2, 0) is 11.3 Å². The number of carbonyl (C=O) groups is 1. The monoisotopic (exact) mass is 425 g/mol. The van der Waals surface area contributed by atoms with Gasteiger partial charge in [-0.3, -0.25) is 0 Å². The highest BCUT2D eigenvalue weighted by atomic mass is 35.5. The van der Waals surface area contributed by atoms with Crippen LogP contribution in [0.2, 0.25) is 0 Å². The van der Waals surface area contributed by atoms with Crippen molar-refractivity contribution in [2.45, 2.75) is 78.4 Å². The molecule has 1 amide bonds. The number of hydrogen-bond donors (Lipinski definition) is 3. The minimum absolute atomic E-state index is 0. The fourth-order valence-corrected chi connectivity index (χ4v) is 2.79. The molecule has 0 aromatic heterocycles. The van der Waals surface area contributed by atoms with Crippen LogP contribution in [0.1, 0.15) is 71.3 Å². The molecule has 2 rings (SSSR count). The normalized spacial score (nSPS) is 13.0. The molecule has 1 aliphatic rings. The second-order valence-corrected chi connectivity index (χ2v) is 6.86. The molecular weight excluding hydrogens is 385 g/mol. The van der Waals surface area contributed by atoms with Gasteiger partial charge in [-0.2, -0.15) is 0 Å². The smallest absolute Gasteiger partial charge is 0.407 e. The summed E-state index contributed by atoms with van der Waals surface area (Å²) in [5.41, 5.74) is 0.999. The summed E-state index contributed by atoms with van der Waals surface area (Å²) in [7, 11) is 0. The Kier molecular flexibility index (Phi) is 26.5. The molecule has 162 valence electrons. The van der Waals surface area contributed by atoms with Gasteiger partial charge in [-0.05, 0) is 24.8 Å². The molecule has 7 heteroatoms. The summed E-state index contributed by atoms with van der Waals surface area (Å²) in [4.78, 5) is 11.5. The number of amides is 1. The SMILES string of the molecule is C1CCCCC1.CC(C)CC(C)NC(=O)OCc1ccccc1.Cl.Cl.N.N. The number of carbonyl (C=O) groups excluding carboxylic acids is 1. The van der Waals surface area contributed by atoms with E-state index in [9.17, 15) is 4.79 Å². The average molecular weight is 426 g/mol. The summed E-state index contributed by atoms with van der Waals surface area (Å²) in [6.07, 6.45) is 9.61. The van der Waals surface area contributed by atoms with Crippen LogP contribution in [0.15, 0.2) is 30.3 Å². The predicted octanol–water partition coefficient (Wildman–Crippen LogP) is 6.86. The number of ether oxygens (including phenoxy) is 1. The van der Waals surface area contributed by atoms with Crippen LogP contribution in [0, 0.1) is 5.92 Å². The number of nitrogens with one attached hydrogen (secondary N) is 1. The van der Waals surface area contributed by atoms with Gasteiger partial charge in [-0.1, -0.05) is 82.7 Å². The quantitative estimate of drug-likeness (QED) is 0.478. The van der Waals surface area contributed by atoms with Crippen molar-refractivity contribution in [3.8, 4) is 0 Å². The average Bonchev–Trinajstić information content (AvgIpc) is 2.55. The van der Waals surface area contributed by atoms with Crippen LogP contribution in [0.4, 0.5) is 4.79 Å². The van der Waals surface area contributed by atoms with E-state index in [0.29, 0.717) is 12.5 Å². The summed E-state index contributed by atoms with van der Waals surface area (Å²) in [6, 6.07) is 9.82. The van der Waals surface area contributed by atoms with Crippen LogP contribution < -0.4 is 17.6 Å². The first kappa shape index (κ1) is 33.6. The molecule has 5 nitrogen and oxygen atoms in total. The topological polar surface area (TPSA) is 108 Å². The molecule has 27 heavy (non-hydrogen) atoms. The number of benzene rings is 1. The van der Waals surface area contributed by atoms with Crippen molar-refractivity contribution in [1.82, 2.24) is 17.6 Å². The lowest BCUT2D eigenvalue weighted by Crippen LogP contribution is -2.33. The molecule has 1 unspecified atom stereocenters. The first-order valence-corrected chi connectivity index (χ1v) is 9.05. The van der Waals surface area contributed by atoms with Crippen LogP contribution in [0.3, 0.4) is 0 Å². The third-order valence-corrected chi connectivity index (χ3v) is 3.90. The van der Waals surface area contributed by atoms with Crippen LogP contribution >= 0.6 is 24.8 Å². The fourth-order valence-electron chi connectivity index (χ4n) is 2.79. The minimum Gasteiger partial charge on any atom is -0.445 e. The van der Waals surface area contributed by atoms with Crippen molar-refractivity contribution in [2.24, 2.45) is 5.92 Å². The van der Waals surface area contributed by atoms with E-state index in [4.69, 9.17) is 4.74 Å². The lowest BCUT2D eigenvalue weighted by atomic mass is 10.0. The van der Waals surface area contributed by atoms with Crippen molar-refractivity contribution in [3.05, 3.63) is 35.9 Å². The van der Waals surface area contributed by atoms with Gasteiger partial charge in [-0.15, -0.1) is 24.8 Å². The van der Waals surface area contributed by atoms with Crippen molar-refractivity contribution < 1.29 is 9.53 Å². The van der Waals surface area contributed by atoms with E-state index in [-0.39, 0.29) is 49.3 Å². The maximum absolute atomic E-state index is 11.5. The lowest BCUT2D eigenvalue weighted by molar-refractivity contribution is 0.135. The lowest BCUT2D eigenvalue weighted by Gasteiger charge is -2.15. The standard InChI is InChI=1S/C14H21NO2.C6H12.2ClH.2H3N/c1-11(2)9-12(3)15-14(16)17-10-13-7-5-4-6-8-13;1-2-4-6-5-3-1;;;;/h4-8,11-12H,9-10H2,1-3H3,(H,15,16);1-6H2;2*1H;2*1H3. The molecule has 1 atom stereocenters. The first-order chi connectivity index (χ1) is 11.1. The first-order valence-electron chi connectivity index (χ1n) is 9.05. The Labute approximate surface area is 178 Å². The van der Waals surface area contributed by atoms with Gasteiger partial charge >= 0.3 is 6.09 Å².